The minimum Gasteiger partial charge on any atom is -0.486 e. The fourth-order valence-electron chi connectivity index (χ4n) is 3.00. The minimum absolute atomic E-state index is 0.0139. The van der Waals surface area contributed by atoms with Gasteiger partial charge in [0.25, 0.3) is 5.56 Å². The number of halogens is 1. The van der Waals surface area contributed by atoms with Crippen molar-refractivity contribution in [3.63, 3.8) is 0 Å². The fourth-order valence-corrected chi connectivity index (χ4v) is 3.16. The molecule has 0 bridgehead atoms. The van der Waals surface area contributed by atoms with Gasteiger partial charge in [-0.25, -0.2) is 4.98 Å². The van der Waals surface area contributed by atoms with Crippen molar-refractivity contribution in [2.45, 2.75) is 25.5 Å². The summed E-state index contributed by atoms with van der Waals surface area (Å²) < 4.78 is 13.3. The van der Waals surface area contributed by atoms with Crippen LogP contribution in [0.5, 0.6) is 11.5 Å². The molecule has 8 nitrogen and oxygen atoms in total. The summed E-state index contributed by atoms with van der Waals surface area (Å²) in [4.78, 5) is 19.3. The SMILES string of the molecule is C[C@H](Cn1cc(Cl)cn1)c1cc(=O)[nH]c(NC[C@@H]2COc3ccccc3O2)n1. The number of aromatic nitrogens is 4. The number of aromatic amines is 1. The number of fused-ring (bicyclic) bond motifs is 1. The molecule has 1 aliphatic rings. The highest BCUT2D eigenvalue weighted by Crippen LogP contribution is 2.30. The van der Waals surface area contributed by atoms with Crippen LogP contribution in [-0.4, -0.2) is 39.0 Å². The third-order valence-electron chi connectivity index (χ3n) is 4.39. The van der Waals surface area contributed by atoms with E-state index in [9.17, 15) is 4.79 Å². The Balaban J connectivity index is 1.40. The average Bonchev–Trinajstić information content (AvgIpc) is 3.10. The molecule has 0 unspecified atom stereocenters. The maximum absolute atomic E-state index is 12.1. The predicted molar refractivity (Wildman–Crippen MR) is 105 cm³/mol. The van der Waals surface area contributed by atoms with Gasteiger partial charge in [-0.3, -0.25) is 14.5 Å². The number of nitrogens with zero attached hydrogens (tertiary/aromatic N) is 3. The number of hydrogen-bond acceptors (Lipinski definition) is 6. The lowest BCUT2D eigenvalue weighted by Gasteiger charge is -2.26. The third-order valence-corrected chi connectivity index (χ3v) is 4.59. The summed E-state index contributed by atoms with van der Waals surface area (Å²) in [6.07, 6.45) is 3.13. The first-order valence-corrected chi connectivity index (χ1v) is 9.36. The molecule has 0 aliphatic carbocycles. The number of nitrogens with one attached hydrogen (secondary N) is 2. The van der Waals surface area contributed by atoms with Crippen LogP contribution in [0.15, 0.2) is 47.5 Å². The second kappa shape index (κ2) is 7.93. The first-order valence-electron chi connectivity index (χ1n) is 8.98. The molecule has 1 aliphatic heterocycles. The van der Waals surface area contributed by atoms with Crippen LogP contribution in [0, 0.1) is 0 Å². The molecule has 2 aromatic heterocycles. The first kappa shape index (κ1) is 18.4. The molecular formula is C19H20ClN5O3. The number of benzene rings is 1. The van der Waals surface area contributed by atoms with E-state index in [4.69, 9.17) is 21.1 Å². The molecule has 9 heteroatoms. The zero-order valence-corrected chi connectivity index (χ0v) is 16.0. The van der Waals surface area contributed by atoms with Crippen molar-refractivity contribution < 1.29 is 9.47 Å². The van der Waals surface area contributed by atoms with Crippen molar-refractivity contribution in [2.75, 3.05) is 18.5 Å². The van der Waals surface area contributed by atoms with Gasteiger partial charge in [-0.05, 0) is 12.1 Å². The van der Waals surface area contributed by atoms with Crippen LogP contribution in [0.1, 0.15) is 18.5 Å². The van der Waals surface area contributed by atoms with E-state index in [-0.39, 0.29) is 17.6 Å². The summed E-state index contributed by atoms with van der Waals surface area (Å²) in [5.41, 5.74) is 0.452. The number of ether oxygens (including phenoxy) is 2. The van der Waals surface area contributed by atoms with Crippen LogP contribution in [-0.2, 0) is 6.54 Å². The Hall–Kier alpha value is -3.00. The number of H-pyrrole nitrogens is 1. The zero-order chi connectivity index (χ0) is 19.5. The minimum atomic E-state index is -0.219. The summed E-state index contributed by atoms with van der Waals surface area (Å²) in [6.45, 7) is 3.42. The van der Waals surface area contributed by atoms with E-state index in [0.29, 0.717) is 42.1 Å². The van der Waals surface area contributed by atoms with E-state index in [1.807, 2.05) is 31.2 Å². The second-order valence-electron chi connectivity index (χ2n) is 6.68. The Bertz CT molecular complexity index is 1020. The number of anilines is 1. The van der Waals surface area contributed by atoms with Crippen molar-refractivity contribution in [3.8, 4) is 11.5 Å². The average molecular weight is 402 g/mol. The molecule has 3 heterocycles. The summed E-state index contributed by atoms with van der Waals surface area (Å²) in [6, 6.07) is 9.03. The highest BCUT2D eigenvalue weighted by atomic mass is 35.5. The van der Waals surface area contributed by atoms with E-state index in [0.717, 1.165) is 5.75 Å². The molecule has 2 atom stereocenters. The summed E-state index contributed by atoms with van der Waals surface area (Å²) in [5, 5.41) is 7.87. The van der Waals surface area contributed by atoms with E-state index in [2.05, 4.69) is 20.4 Å². The molecule has 0 amide bonds. The van der Waals surface area contributed by atoms with Crippen molar-refractivity contribution >= 4 is 17.5 Å². The topological polar surface area (TPSA) is 94.1 Å². The van der Waals surface area contributed by atoms with Crippen LogP contribution in [0.2, 0.25) is 5.02 Å². The second-order valence-corrected chi connectivity index (χ2v) is 7.12. The lowest BCUT2D eigenvalue weighted by Crippen LogP contribution is -2.36. The molecule has 2 N–H and O–H groups in total. The summed E-state index contributed by atoms with van der Waals surface area (Å²) in [5.74, 6) is 1.83. The van der Waals surface area contributed by atoms with Crippen molar-refractivity contribution in [1.29, 1.82) is 0 Å². The van der Waals surface area contributed by atoms with Crippen LogP contribution >= 0.6 is 11.6 Å². The maximum Gasteiger partial charge on any atom is 0.252 e. The Labute approximate surface area is 166 Å². The Kier molecular flexibility index (Phi) is 5.21. The van der Waals surface area contributed by atoms with E-state index in [1.165, 1.54) is 6.07 Å². The fraction of sp³-hybridized carbons (Fsp3) is 0.316. The number of para-hydroxylation sites is 2. The molecule has 0 spiro atoms. The third kappa shape index (κ3) is 4.28. The summed E-state index contributed by atoms with van der Waals surface area (Å²) >= 11 is 5.90. The molecule has 4 rings (SSSR count). The molecule has 0 radical (unpaired) electrons. The standard InChI is InChI=1S/C19H20ClN5O3/c1-12(9-25-10-13(20)7-22-25)15-6-18(26)24-19(23-15)21-8-14-11-27-16-4-2-3-5-17(16)28-14/h2-7,10,12,14H,8-9,11H2,1H3,(H2,21,23,24,26)/t12-,14-/m1/s1. The molecule has 0 saturated heterocycles. The largest absolute Gasteiger partial charge is 0.486 e. The molecule has 3 aromatic rings. The molecule has 0 saturated carbocycles. The molecular weight excluding hydrogens is 382 g/mol. The molecule has 1 aromatic carbocycles. The van der Waals surface area contributed by atoms with Gasteiger partial charge in [-0.15, -0.1) is 0 Å². The Morgan fingerprint density at radius 3 is 3.00 bits per heavy atom. The van der Waals surface area contributed by atoms with Gasteiger partial charge >= 0.3 is 0 Å². The lowest BCUT2D eigenvalue weighted by atomic mass is 10.1. The highest BCUT2D eigenvalue weighted by molar-refractivity contribution is 6.30. The maximum atomic E-state index is 12.1. The van der Waals surface area contributed by atoms with Crippen molar-refractivity contribution in [3.05, 3.63) is 63.8 Å². The van der Waals surface area contributed by atoms with Gasteiger partial charge in [0.05, 0.1) is 23.5 Å². The van der Waals surface area contributed by atoms with Crippen LogP contribution in [0.25, 0.3) is 0 Å². The Morgan fingerprint density at radius 2 is 2.21 bits per heavy atom. The van der Waals surface area contributed by atoms with Crippen LogP contribution < -0.4 is 20.3 Å². The van der Waals surface area contributed by atoms with Gasteiger partial charge in [-0.2, -0.15) is 5.10 Å². The molecule has 0 fully saturated rings. The first-order chi connectivity index (χ1) is 13.6. The lowest BCUT2D eigenvalue weighted by molar-refractivity contribution is 0.0996. The zero-order valence-electron chi connectivity index (χ0n) is 15.3. The van der Waals surface area contributed by atoms with Crippen molar-refractivity contribution in [2.24, 2.45) is 0 Å². The van der Waals surface area contributed by atoms with Gasteiger partial charge in [0, 0.05) is 24.7 Å². The summed E-state index contributed by atoms with van der Waals surface area (Å²) in [7, 11) is 0. The number of rotatable bonds is 6. The highest BCUT2D eigenvalue weighted by Gasteiger charge is 2.20. The van der Waals surface area contributed by atoms with E-state index < -0.39 is 0 Å². The normalized spacial score (nSPS) is 16.6. The van der Waals surface area contributed by atoms with Gasteiger partial charge in [-0.1, -0.05) is 30.7 Å². The predicted octanol–water partition coefficient (Wildman–Crippen LogP) is 2.68. The van der Waals surface area contributed by atoms with Crippen molar-refractivity contribution in [1.82, 2.24) is 19.7 Å². The quantitative estimate of drug-likeness (QED) is 0.659. The monoisotopic (exact) mass is 401 g/mol. The van der Waals surface area contributed by atoms with Crippen LogP contribution in [0.4, 0.5) is 5.95 Å². The smallest absolute Gasteiger partial charge is 0.252 e. The molecule has 146 valence electrons. The van der Waals surface area contributed by atoms with Gasteiger partial charge in [0.1, 0.15) is 12.7 Å². The van der Waals surface area contributed by atoms with Crippen LogP contribution in [0.3, 0.4) is 0 Å². The molecule has 28 heavy (non-hydrogen) atoms. The number of hydrogen-bond donors (Lipinski definition) is 2. The van der Waals surface area contributed by atoms with Gasteiger partial charge in [0.2, 0.25) is 5.95 Å². The Morgan fingerprint density at radius 1 is 1.39 bits per heavy atom. The van der Waals surface area contributed by atoms with Gasteiger partial charge in [0.15, 0.2) is 11.5 Å². The van der Waals surface area contributed by atoms with E-state index in [1.54, 1.807) is 17.1 Å². The van der Waals surface area contributed by atoms with E-state index >= 15 is 0 Å². The van der Waals surface area contributed by atoms with Gasteiger partial charge < -0.3 is 14.8 Å².